The molecule has 4 heteroatoms. The summed E-state index contributed by atoms with van der Waals surface area (Å²) >= 11 is 5.79. The van der Waals surface area contributed by atoms with Gasteiger partial charge < -0.3 is 5.73 Å². The molecule has 0 saturated carbocycles. The van der Waals surface area contributed by atoms with Crippen molar-refractivity contribution in [3.63, 3.8) is 0 Å². The lowest BCUT2D eigenvalue weighted by atomic mass is 10.0. The van der Waals surface area contributed by atoms with Crippen LogP contribution in [0.2, 0.25) is 5.02 Å². The summed E-state index contributed by atoms with van der Waals surface area (Å²) in [5, 5.41) is 9.80. The molecule has 1 aliphatic rings. The van der Waals surface area contributed by atoms with E-state index in [2.05, 4.69) is 11.0 Å². The van der Waals surface area contributed by atoms with E-state index in [0.717, 1.165) is 18.7 Å². The number of likely N-dealkylation sites (tertiary alicyclic amines) is 1. The molecule has 3 nitrogen and oxygen atoms in total. The summed E-state index contributed by atoms with van der Waals surface area (Å²) < 4.78 is 0. The maximum atomic E-state index is 9.10. The first kappa shape index (κ1) is 10.4. The van der Waals surface area contributed by atoms with E-state index in [0.29, 0.717) is 5.02 Å². The number of benzene rings is 1. The minimum atomic E-state index is -0.193. The average molecular weight is 222 g/mol. The van der Waals surface area contributed by atoms with Gasteiger partial charge in [-0.15, -0.1) is 0 Å². The molecular formula is C11H12ClN3. The first-order chi connectivity index (χ1) is 7.20. The topological polar surface area (TPSA) is 53.0 Å². The predicted molar refractivity (Wildman–Crippen MR) is 59.4 cm³/mol. The molecule has 1 aliphatic heterocycles. The van der Waals surface area contributed by atoms with Gasteiger partial charge in [-0.05, 0) is 17.7 Å². The Morgan fingerprint density at radius 1 is 1.40 bits per heavy atom. The summed E-state index contributed by atoms with van der Waals surface area (Å²) in [5.41, 5.74) is 6.67. The lowest BCUT2D eigenvalue weighted by Gasteiger charge is -2.39. The van der Waals surface area contributed by atoms with Gasteiger partial charge in [0.15, 0.2) is 0 Å². The van der Waals surface area contributed by atoms with Gasteiger partial charge in [-0.3, -0.25) is 4.90 Å². The van der Waals surface area contributed by atoms with E-state index < -0.39 is 0 Å². The van der Waals surface area contributed by atoms with E-state index in [-0.39, 0.29) is 12.1 Å². The van der Waals surface area contributed by atoms with Gasteiger partial charge in [-0.2, -0.15) is 5.26 Å². The highest BCUT2D eigenvalue weighted by atomic mass is 35.5. The van der Waals surface area contributed by atoms with Gasteiger partial charge in [0.05, 0.1) is 6.07 Å². The molecule has 78 valence electrons. The third-order valence-corrected chi connectivity index (χ3v) is 2.86. The van der Waals surface area contributed by atoms with Gasteiger partial charge in [0, 0.05) is 24.2 Å². The van der Waals surface area contributed by atoms with Crippen LogP contribution in [0.4, 0.5) is 0 Å². The van der Waals surface area contributed by atoms with Gasteiger partial charge in [-0.25, -0.2) is 0 Å². The molecule has 1 fully saturated rings. The van der Waals surface area contributed by atoms with Crippen molar-refractivity contribution < 1.29 is 0 Å². The summed E-state index contributed by atoms with van der Waals surface area (Å²) in [6.45, 7) is 1.59. The summed E-state index contributed by atoms with van der Waals surface area (Å²) in [4.78, 5) is 2.06. The molecule has 2 rings (SSSR count). The molecule has 1 atom stereocenters. The molecule has 2 N–H and O–H groups in total. The summed E-state index contributed by atoms with van der Waals surface area (Å²) in [5.74, 6) is 0. The highest BCUT2D eigenvalue weighted by Gasteiger charge is 2.30. The zero-order valence-electron chi connectivity index (χ0n) is 8.23. The van der Waals surface area contributed by atoms with Gasteiger partial charge in [0.2, 0.25) is 0 Å². The Kier molecular flexibility index (Phi) is 2.92. The molecule has 0 radical (unpaired) electrons. The van der Waals surface area contributed by atoms with E-state index in [4.69, 9.17) is 22.6 Å². The smallest absolute Gasteiger partial charge is 0.123 e. The third-order valence-electron chi connectivity index (χ3n) is 2.61. The quantitative estimate of drug-likeness (QED) is 0.825. The van der Waals surface area contributed by atoms with Crippen LogP contribution in [0.1, 0.15) is 11.6 Å². The van der Waals surface area contributed by atoms with Crippen molar-refractivity contribution >= 4 is 11.6 Å². The Bertz CT molecular complexity index is 376. The number of halogens is 1. The zero-order valence-corrected chi connectivity index (χ0v) is 8.98. The summed E-state index contributed by atoms with van der Waals surface area (Å²) in [6.07, 6.45) is 0. The van der Waals surface area contributed by atoms with Crippen LogP contribution in [0.25, 0.3) is 0 Å². The highest BCUT2D eigenvalue weighted by Crippen LogP contribution is 2.25. The maximum Gasteiger partial charge on any atom is 0.123 e. The van der Waals surface area contributed by atoms with Gasteiger partial charge in [-0.1, -0.05) is 23.7 Å². The van der Waals surface area contributed by atoms with E-state index in [9.17, 15) is 0 Å². The van der Waals surface area contributed by atoms with Crippen LogP contribution in [0, 0.1) is 11.3 Å². The average Bonchev–Trinajstić information content (AvgIpc) is 2.19. The van der Waals surface area contributed by atoms with Gasteiger partial charge >= 0.3 is 0 Å². The molecule has 0 spiro atoms. The molecule has 1 aromatic carbocycles. The standard InChI is InChI=1S/C11H12ClN3/c12-9-3-1-8(2-4-9)11(5-13)15-6-10(14)7-15/h1-4,10-11H,6-7,14H2/t11-/m0/s1. The Balaban J connectivity index is 2.14. The lowest BCUT2D eigenvalue weighted by molar-refractivity contribution is 0.121. The van der Waals surface area contributed by atoms with Crippen molar-refractivity contribution in [3.05, 3.63) is 34.9 Å². The molecule has 1 saturated heterocycles. The first-order valence-corrected chi connectivity index (χ1v) is 5.23. The van der Waals surface area contributed by atoms with Crippen molar-refractivity contribution in [3.8, 4) is 6.07 Å². The van der Waals surface area contributed by atoms with Crippen molar-refractivity contribution in [2.45, 2.75) is 12.1 Å². The second kappa shape index (κ2) is 4.19. The third kappa shape index (κ3) is 2.13. The second-order valence-corrected chi connectivity index (χ2v) is 4.23. The van der Waals surface area contributed by atoms with Crippen LogP contribution in [0.3, 0.4) is 0 Å². The number of rotatable bonds is 2. The maximum absolute atomic E-state index is 9.10. The molecular weight excluding hydrogens is 210 g/mol. The molecule has 0 bridgehead atoms. The largest absolute Gasteiger partial charge is 0.325 e. The Hall–Kier alpha value is -1.08. The fourth-order valence-corrected chi connectivity index (χ4v) is 1.90. The number of nitrogens with two attached hydrogens (primary N) is 1. The zero-order chi connectivity index (χ0) is 10.8. The Morgan fingerprint density at radius 3 is 2.47 bits per heavy atom. The van der Waals surface area contributed by atoms with E-state index in [1.807, 2.05) is 12.1 Å². The minimum Gasteiger partial charge on any atom is -0.325 e. The fourth-order valence-electron chi connectivity index (χ4n) is 1.77. The number of hydrogen-bond acceptors (Lipinski definition) is 3. The Labute approximate surface area is 94.0 Å². The highest BCUT2D eigenvalue weighted by molar-refractivity contribution is 6.30. The lowest BCUT2D eigenvalue weighted by Crippen LogP contribution is -2.56. The van der Waals surface area contributed by atoms with Crippen molar-refractivity contribution in [2.24, 2.45) is 5.73 Å². The van der Waals surface area contributed by atoms with Crippen molar-refractivity contribution in [1.29, 1.82) is 5.26 Å². The van der Waals surface area contributed by atoms with Crippen LogP contribution >= 0.6 is 11.6 Å². The molecule has 15 heavy (non-hydrogen) atoms. The van der Waals surface area contributed by atoms with Crippen LogP contribution in [-0.4, -0.2) is 24.0 Å². The summed E-state index contributed by atoms with van der Waals surface area (Å²) in [6, 6.07) is 9.70. The fraction of sp³-hybridized carbons (Fsp3) is 0.364. The number of nitrogens with zero attached hydrogens (tertiary/aromatic N) is 2. The predicted octanol–water partition coefficient (Wildman–Crippen LogP) is 1.55. The normalized spacial score (nSPS) is 19.3. The van der Waals surface area contributed by atoms with Crippen LogP contribution in [-0.2, 0) is 0 Å². The van der Waals surface area contributed by atoms with E-state index >= 15 is 0 Å². The van der Waals surface area contributed by atoms with Crippen molar-refractivity contribution in [1.82, 2.24) is 4.90 Å². The summed E-state index contributed by atoms with van der Waals surface area (Å²) in [7, 11) is 0. The monoisotopic (exact) mass is 221 g/mol. The first-order valence-electron chi connectivity index (χ1n) is 4.85. The van der Waals surface area contributed by atoms with Crippen LogP contribution < -0.4 is 5.73 Å². The minimum absolute atomic E-state index is 0.193. The SMILES string of the molecule is N#C[C@@H](c1ccc(Cl)cc1)N1CC(N)C1. The molecule has 0 unspecified atom stereocenters. The number of hydrogen-bond donors (Lipinski definition) is 1. The van der Waals surface area contributed by atoms with E-state index in [1.165, 1.54) is 0 Å². The van der Waals surface area contributed by atoms with Crippen molar-refractivity contribution in [2.75, 3.05) is 13.1 Å². The Morgan fingerprint density at radius 2 is 2.00 bits per heavy atom. The van der Waals surface area contributed by atoms with Gasteiger partial charge in [0.25, 0.3) is 0 Å². The number of nitriles is 1. The second-order valence-electron chi connectivity index (χ2n) is 3.80. The van der Waals surface area contributed by atoms with Gasteiger partial charge in [0.1, 0.15) is 6.04 Å². The molecule has 0 aliphatic carbocycles. The molecule has 1 aromatic rings. The molecule has 0 aromatic heterocycles. The van der Waals surface area contributed by atoms with Crippen LogP contribution in [0.5, 0.6) is 0 Å². The molecule has 0 amide bonds. The molecule has 1 heterocycles. The van der Waals surface area contributed by atoms with E-state index in [1.54, 1.807) is 12.1 Å². The van der Waals surface area contributed by atoms with Crippen LogP contribution in [0.15, 0.2) is 24.3 Å².